The van der Waals surface area contributed by atoms with Gasteiger partial charge < -0.3 is 25.4 Å². The maximum atomic E-state index is 10.4. The van der Waals surface area contributed by atoms with E-state index in [1.165, 1.54) is 23.7 Å². The number of allylic oxidation sites excluding steroid dienone is 1. The van der Waals surface area contributed by atoms with Gasteiger partial charge in [-0.25, -0.2) is 15.0 Å². The van der Waals surface area contributed by atoms with Crippen molar-refractivity contribution in [2.75, 3.05) is 29.8 Å². The lowest BCUT2D eigenvalue weighted by Crippen LogP contribution is -2.33. The molecule has 1 aliphatic rings. The van der Waals surface area contributed by atoms with Crippen molar-refractivity contribution in [3.05, 3.63) is 18.0 Å². The first-order valence-corrected chi connectivity index (χ1v) is 11.2. The molecule has 0 aromatic carbocycles. The van der Waals surface area contributed by atoms with E-state index in [-0.39, 0.29) is 6.61 Å². The zero-order chi connectivity index (χ0) is 20.3. The van der Waals surface area contributed by atoms with E-state index < -0.39 is 24.5 Å². The smallest absolute Gasteiger partial charge is 0.192 e. The molecule has 9 nitrogen and oxygen atoms in total. The second kappa shape index (κ2) is 9.42. The van der Waals surface area contributed by atoms with Crippen LogP contribution in [0.4, 0.5) is 5.82 Å². The molecule has 0 amide bonds. The zero-order valence-electron chi connectivity index (χ0n) is 15.9. The second-order valence-corrected chi connectivity index (χ2v) is 8.79. The van der Waals surface area contributed by atoms with Gasteiger partial charge in [0.25, 0.3) is 0 Å². The first-order valence-electron chi connectivity index (χ1n) is 8.82. The van der Waals surface area contributed by atoms with Gasteiger partial charge in [0.15, 0.2) is 28.4 Å². The maximum Gasteiger partial charge on any atom is 0.192 e. The average Bonchev–Trinajstić information content (AvgIpc) is 3.21. The fourth-order valence-corrected chi connectivity index (χ4v) is 4.04. The molecular weight excluding hydrogens is 402 g/mol. The third-order valence-corrected chi connectivity index (χ3v) is 6.13. The molecule has 0 radical (unpaired) electrons. The number of aliphatic hydroxyl groups excluding tert-OH is 3. The Morgan fingerprint density at radius 2 is 2.11 bits per heavy atom. The van der Waals surface area contributed by atoms with Crippen LogP contribution in [-0.2, 0) is 4.74 Å². The third kappa shape index (κ3) is 4.44. The van der Waals surface area contributed by atoms with Gasteiger partial charge in [0, 0.05) is 11.6 Å². The van der Waals surface area contributed by atoms with Gasteiger partial charge in [0.1, 0.15) is 18.3 Å². The van der Waals surface area contributed by atoms with Crippen LogP contribution in [0.5, 0.6) is 0 Å². The minimum Gasteiger partial charge on any atom is -0.394 e. The summed E-state index contributed by atoms with van der Waals surface area (Å²) in [4.78, 5) is 13.5. The number of fused-ring (bicyclic) bond motifs is 1. The predicted molar refractivity (Wildman–Crippen MR) is 110 cm³/mol. The van der Waals surface area contributed by atoms with Crippen molar-refractivity contribution < 1.29 is 20.1 Å². The van der Waals surface area contributed by atoms with Crippen molar-refractivity contribution in [3.63, 3.8) is 0 Å². The monoisotopic (exact) mass is 427 g/mol. The number of imidazole rings is 1. The number of aromatic nitrogens is 4. The summed E-state index contributed by atoms with van der Waals surface area (Å²) in [5.74, 6) is 0.594. The molecule has 2 aromatic rings. The van der Waals surface area contributed by atoms with Crippen LogP contribution < -0.4 is 5.32 Å². The summed E-state index contributed by atoms with van der Waals surface area (Å²) in [5.41, 5.74) is 2.23. The molecule has 0 aliphatic carbocycles. The number of ether oxygens (including phenoxy) is 1. The van der Waals surface area contributed by atoms with Gasteiger partial charge in [0.05, 0.1) is 12.9 Å². The van der Waals surface area contributed by atoms with Gasteiger partial charge in [-0.2, -0.15) is 11.8 Å². The lowest BCUT2D eigenvalue weighted by molar-refractivity contribution is -0.0511. The molecule has 0 saturated carbocycles. The summed E-state index contributed by atoms with van der Waals surface area (Å²) in [6, 6.07) is 0. The Labute approximate surface area is 171 Å². The Morgan fingerprint density at radius 3 is 2.75 bits per heavy atom. The Hall–Kier alpha value is -1.37. The highest BCUT2D eigenvalue weighted by molar-refractivity contribution is 8.15. The second-order valence-electron chi connectivity index (χ2n) is 6.62. The van der Waals surface area contributed by atoms with Gasteiger partial charge in [-0.05, 0) is 20.1 Å². The highest BCUT2D eigenvalue weighted by Gasteiger charge is 2.44. The maximum absolute atomic E-state index is 10.4. The van der Waals surface area contributed by atoms with Crippen LogP contribution in [-0.4, -0.2) is 77.6 Å². The fourth-order valence-electron chi connectivity index (χ4n) is 2.84. The summed E-state index contributed by atoms with van der Waals surface area (Å²) in [6.07, 6.45) is 1.42. The summed E-state index contributed by atoms with van der Waals surface area (Å²) in [7, 11) is 0. The van der Waals surface area contributed by atoms with Gasteiger partial charge >= 0.3 is 0 Å². The van der Waals surface area contributed by atoms with Gasteiger partial charge in [-0.3, -0.25) is 4.57 Å². The largest absolute Gasteiger partial charge is 0.394 e. The zero-order valence-corrected chi connectivity index (χ0v) is 17.6. The standard InChI is InChI=1S/C17H25N5O4S2/c1-9(2)4-5-18-14-11-15(21-17(20-14)28-8-27-3)22(7-19-11)16-13(25)12(24)10(6-23)26-16/h4,7,10,12-13,16,23-25H,5-6,8H2,1-3H3,(H,18,20,21)/t10-,12?,13+,16-/m1/s1. The van der Waals surface area contributed by atoms with E-state index in [9.17, 15) is 15.3 Å². The normalized spacial score (nSPS) is 24.6. The van der Waals surface area contributed by atoms with Crippen LogP contribution in [0.1, 0.15) is 20.1 Å². The van der Waals surface area contributed by atoms with Crippen LogP contribution in [0.3, 0.4) is 0 Å². The van der Waals surface area contributed by atoms with Crippen LogP contribution in [0.2, 0.25) is 0 Å². The summed E-state index contributed by atoms with van der Waals surface area (Å²) in [6.45, 7) is 4.25. The number of aliphatic hydroxyl groups is 3. The van der Waals surface area contributed by atoms with Crippen LogP contribution in [0.15, 0.2) is 23.1 Å². The third-order valence-electron chi connectivity index (χ3n) is 4.28. The molecule has 3 rings (SSSR count). The number of hydrogen-bond donors (Lipinski definition) is 4. The van der Waals surface area contributed by atoms with E-state index in [1.807, 2.05) is 26.2 Å². The molecule has 1 aliphatic heterocycles. The molecule has 4 N–H and O–H groups in total. The van der Waals surface area contributed by atoms with Gasteiger partial charge in [-0.1, -0.05) is 23.4 Å². The molecule has 11 heteroatoms. The minimum absolute atomic E-state index is 0.388. The Balaban J connectivity index is 1.99. The van der Waals surface area contributed by atoms with Crippen molar-refractivity contribution in [1.29, 1.82) is 0 Å². The Kier molecular flexibility index (Phi) is 7.18. The number of thioether (sulfide) groups is 2. The van der Waals surface area contributed by atoms with E-state index in [0.29, 0.717) is 28.7 Å². The van der Waals surface area contributed by atoms with Crippen LogP contribution in [0.25, 0.3) is 11.2 Å². The molecule has 1 fully saturated rings. The van der Waals surface area contributed by atoms with Crippen molar-refractivity contribution in [2.45, 2.75) is 43.5 Å². The number of anilines is 1. The molecule has 28 heavy (non-hydrogen) atoms. The van der Waals surface area contributed by atoms with Crippen molar-refractivity contribution in [2.24, 2.45) is 0 Å². The van der Waals surface area contributed by atoms with Crippen molar-refractivity contribution in [3.8, 4) is 0 Å². The van der Waals surface area contributed by atoms with Crippen molar-refractivity contribution >= 4 is 40.5 Å². The Bertz CT molecular complexity index is 842. The molecule has 154 valence electrons. The van der Waals surface area contributed by atoms with Gasteiger partial charge in [0.2, 0.25) is 0 Å². The number of nitrogens with one attached hydrogen (secondary N) is 1. The summed E-state index contributed by atoms with van der Waals surface area (Å²) < 4.78 is 7.21. The molecule has 1 unspecified atom stereocenters. The quantitative estimate of drug-likeness (QED) is 0.211. The SMILES string of the molecule is CSCSc1nc(NCC=C(C)C)c2ncn([C@@H]3O[C@H](CO)C(O)[C@@H]3O)c2n1. The predicted octanol–water partition coefficient (Wildman–Crippen LogP) is 1.23. The van der Waals surface area contributed by atoms with Crippen LogP contribution in [0, 0.1) is 0 Å². The molecule has 1 saturated heterocycles. The van der Waals surface area contributed by atoms with Crippen LogP contribution >= 0.6 is 23.5 Å². The minimum atomic E-state index is -1.20. The lowest BCUT2D eigenvalue weighted by atomic mass is 10.1. The average molecular weight is 428 g/mol. The topological polar surface area (TPSA) is 126 Å². The number of hydrogen-bond acceptors (Lipinski definition) is 10. The summed E-state index contributed by atoms with van der Waals surface area (Å²) in [5, 5.41) is 34.4. The first kappa shape index (κ1) is 21.3. The molecule has 0 bridgehead atoms. The number of rotatable bonds is 8. The number of nitrogens with zero attached hydrogens (tertiary/aromatic N) is 4. The fraction of sp³-hybridized carbons (Fsp3) is 0.588. The van der Waals surface area contributed by atoms with Crippen molar-refractivity contribution in [1.82, 2.24) is 19.5 Å². The van der Waals surface area contributed by atoms with E-state index in [0.717, 1.165) is 5.08 Å². The van der Waals surface area contributed by atoms with E-state index in [1.54, 1.807) is 16.3 Å². The highest BCUT2D eigenvalue weighted by atomic mass is 32.2. The molecule has 0 spiro atoms. The van der Waals surface area contributed by atoms with E-state index in [2.05, 4.69) is 20.3 Å². The molecule has 3 heterocycles. The highest BCUT2D eigenvalue weighted by Crippen LogP contribution is 2.33. The molecular formula is C17H25N5O4S2. The Morgan fingerprint density at radius 1 is 1.32 bits per heavy atom. The molecule has 2 aromatic heterocycles. The first-order chi connectivity index (χ1) is 13.5. The summed E-state index contributed by atoms with van der Waals surface area (Å²) >= 11 is 3.17. The molecule has 4 atom stereocenters. The van der Waals surface area contributed by atoms with E-state index in [4.69, 9.17) is 4.74 Å². The van der Waals surface area contributed by atoms with Gasteiger partial charge in [-0.15, -0.1) is 0 Å². The van der Waals surface area contributed by atoms with E-state index >= 15 is 0 Å². The lowest BCUT2D eigenvalue weighted by Gasteiger charge is -2.17.